The van der Waals surface area contributed by atoms with Crippen LogP contribution in [0.5, 0.6) is 5.88 Å². The maximum atomic E-state index is 10.6. The van der Waals surface area contributed by atoms with Crippen molar-refractivity contribution in [2.75, 3.05) is 7.11 Å². The molecule has 14 heavy (non-hydrogen) atoms. The molecule has 0 atom stereocenters. The Balaban J connectivity index is 3.34. The maximum absolute atomic E-state index is 10.6. The van der Waals surface area contributed by atoms with Gasteiger partial charge in [0.25, 0.3) is 5.88 Å². The number of rotatable bonds is 3. The van der Waals surface area contributed by atoms with Crippen LogP contribution in [0.2, 0.25) is 5.15 Å². The summed E-state index contributed by atoms with van der Waals surface area (Å²) in [7, 11) is 1.30. The minimum Gasteiger partial charge on any atom is -0.476 e. The van der Waals surface area contributed by atoms with Crippen molar-refractivity contribution in [3.63, 3.8) is 0 Å². The molecule has 0 aromatic carbocycles. The number of aryl methyl sites for hydroxylation is 1. The largest absolute Gasteiger partial charge is 0.476 e. The van der Waals surface area contributed by atoms with Crippen molar-refractivity contribution in [2.24, 2.45) is 0 Å². The molecule has 0 unspecified atom stereocenters. The number of aromatic nitrogens is 2. The summed E-state index contributed by atoms with van der Waals surface area (Å²) in [6, 6.07) is 0. The molecule has 0 aliphatic carbocycles. The second-order valence-electron chi connectivity index (χ2n) is 2.40. The van der Waals surface area contributed by atoms with E-state index >= 15 is 0 Å². The highest BCUT2D eigenvalue weighted by molar-refractivity contribution is 6.31. The van der Waals surface area contributed by atoms with Gasteiger partial charge in [0.1, 0.15) is 5.82 Å². The summed E-state index contributed by atoms with van der Waals surface area (Å²) in [5.74, 6) is 0.310. The molecular formula is C7H8ClN3O3. The van der Waals surface area contributed by atoms with Crippen molar-refractivity contribution in [1.82, 2.24) is 9.97 Å². The van der Waals surface area contributed by atoms with E-state index in [1.807, 2.05) is 6.92 Å². The third-order valence-electron chi connectivity index (χ3n) is 1.55. The summed E-state index contributed by atoms with van der Waals surface area (Å²) in [5, 5.41) is 10.4. The average molecular weight is 218 g/mol. The van der Waals surface area contributed by atoms with Crippen molar-refractivity contribution in [2.45, 2.75) is 13.3 Å². The van der Waals surface area contributed by atoms with Crippen LogP contribution in [0, 0.1) is 10.1 Å². The van der Waals surface area contributed by atoms with Crippen molar-refractivity contribution in [3.05, 3.63) is 21.1 Å². The molecule has 6 nitrogen and oxygen atoms in total. The quantitative estimate of drug-likeness (QED) is 0.437. The van der Waals surface area contributed by atoms with E-state index in [2.05, 4.69) is 9.97 Å². The van der Waals surface area contributed by atoms with Crippen LogP contribution in [0.3, 0.4) is 0 Å². The fraction of sp³-hybridized carbons (Fsp3) is 0.429. The second kappa shape index (κ2) is 4.19. The number of ether oxygens (including phenoxy) is 1. The Morgan fingerprint density at radius 2 is 2.21 bits per heavy atom. The van der Waals surface area contributed by atoms with Gasteiger partial charge in [-0.25, -0.2) is 4.98 Å². The molecule has 0 spiro atoms. The zero-order chi connectivity index (χ0) is 10.7. The van der Waals surface area contributed by atoms with Gasteiger partial charge in [0.05, 0.1) is 12.0 Å². The SMILES string of the molecule is CCc1nc(Cl)c([N+](=O)[O-])c(OC)n1. The molecular weight excluding hydrogens is 210 g/mol. The van der Waals surface area contributed by atoms with Crippen molar-refractivity contribution >= 4 is 17.3 Å². The Hall–Kier alpha value is -1.43. The lowest BCUT2D eigenvalue weighted by atomic mass is 10.4. The van der Waals surface area contributed by atoms with E-state index in [1.54, 1.807) is 0 Å². The van der Waals surface area contributed by atoms with Gasteiger partial charge in [-0.05, 0) is 0 Å². The molecule has 0 bridgehead atoms. The van der Waals surface area contributed by atoms with Crippen LogP contribution in [-0.4, -0.2) is 22.0 Å². The molecule has 1 heterocycles. The van der Waals surface area contributed by atoms with E-state index in [0.29, 0.717) is 12.2 Å². The molecule has 1 rings (SSSR count). The minimum absolute atomic E-state index is 0.105. The van der Waals surface area contributed by atoms with E-state index < -0.39 is 10.6 Å². The number of nitrogens with zero attached hydrogens (tertiary/aromatic N) is 3. The predicted octanol–water partition coefficient (Wildman–Crippen LogP) is 1.61. The molecule has 0 aliphatic rings. The van der Waals surface area contributed by atoms with Gasteiger partial charge in [-0.3, -0.25) is 10.1 Å². The topological polar surface area (TPSA) is 78.2 Å². The summed E-state index contributed by atoms with van der Waals surface area (Å²) in [4.78, 5) is 17.5. The Kier molecular flexibility index (Phi) is 3.19. The van der Waals surface area contributed by atoms with E-state index in [9.17, 15) is 10.1 Å². The standard InChI is InChI=1S/C7H8ClN3O3/c1-3-4-9-6(8)5(11(12)13)7(10-4)14-2/h3H2,1-2H3. The Morgan fingerprint density at radius 3 is 2.64 bits per heavy atom. The summed E-state index contributed by atoms with van der Waals surface area (Å²) in [6.07, 6.45) is 0.536. The number of halogens is 1. The van der Waals surface area contributed by atoms with Gasteiger partial charge >= 0.3 is 5.69 Å². The van der Waals surface area contributed by atoms with Crippen LogP contribution in [0.25, 0.3) is 0 Å². The van der Waals surface area contributed by atoms with Gasteiger partial charge < -0.3 is 4.74 Å². The zero-order valence-corrected chi connectivity index (χ0v) is 8.41. The molecule has 1 aromatic rings. The van der Waals surface area contributed by atoms with Gasteiger partial charge in [0.15, 0.2) is 0 Å². The number of methoxy groups -OCH3 is 1. The maximum Gasteiger partial charge on any atom is 0.367 e. The highest BCUT2D eigenvalue weighted by Gasteiger charge is 2.23. The number of hydrogen-bond acceptors (Lipinski definition) is 5. The average Bonchev–Trinajstić information content (AvgIpc) is 2.15. The number of nitro groups is 1. The van der Waals surface area contributed by atoms with E-state index in [0.717, 1.165) is 0 Å². The first-order valence-electron chi connectivity index (χ1n) is 3.85. The fourth-order valence-electron chi connectivity index (χ4n) is 0.904. The summed E-state index contributed by atoms with van der Waals surface area (Å²) in [6.45, 7) is 1.82. The lowest BCUT2D eigenvalue weighted by Crippen LogP contribution is -2.02. The highest BCUT2D eigenvalue weighted by atomic mass is 35.5. The van der Waals surface area contributed by atoms with Crippen LogP contribution in [0.15, 0.2) is 0 Å². The minimum atomic E-state index is -0.666. The predicted molar refractivity (Wildman–Crippen MR) is 49.6 cm³/mol. The summed E-state index contributed by atoms with van der Waals surface area (Å²) in [5.41, 5.74) is -0.397. The number of hydrogen-bond donors (Lipinski definition) is 0. The van der Waals surface area contributed by atoms with E-state index in [4.69, 9.17) is 16.3 Å². The normalized spacial score (nSPS) is 9.93. The lowest BCUT2D eigenvalue weighted by Gasteiger charge is -2.03. The molecule has 76 valence electrons. The van der Waals surface area contributed by atoms with Gasteiger partial charge in [0, 0.05) is 6.42 Å². The van der Waals surface area contributed by atoms with Crippen LogP contribution < -0.4 is 4.74 Å². The molecule has 0 radical (unpaired) electrons. The van der Waals surface area contributed by atoms with Gasteiger partial charge in [0.2, 0.25) is 5.15 Å². The monoisotopic (exact) mass is 217 g/mol. The van der Waals surface area contributed by atoms with Gasteiger partial charge in [-0.1, -0.05) is 18.5 Å². The zero-order valence-electron chi connectivity index (χ0n) is 7.65. The third-order valence-corrected chi connectivity index (χ3v) is 1.81. The van der Waals surface area contributed by atoms with Crippen LogP contribution in [0.1, 0.15) is 12.7 Å². The van der Waals surface area contributed by atoms with Crippen LogP contribution in [-0.2, 0) is 6.42 Å². The van der Waals surface area contributed by atoms with Crippen molar-refractivity contribution < 1.29 is 9.66 Å². The Bertz CT molecular complexity index is 369. The first-order valence-corrected chi connectivity index (χ1v) is 4.22. The molecule has 0 N–H and O–H groups in total. The summed E-state index contributed by atoms with van der Waals surface area (Å²) < 4.78 is 4.75. The third kappa shape index (κ3) is 1.90. The molecule has 0 amide bonds. The van der Waals surface area contributed by atoms with Gasteiger partial charge in [-0.2, -0.15) is 4.98 Å². The van der Waals surface area contributed by atoms with Crippen LogP contribution >= 0.6 is 11.6 Å². The molecule has 0 saturated carbocycles. The van der Waals surface area contributed by atoms with Gasteiger partial charge in [-0.15, -0.1) is 0 Å². The highest BCUT2D eigenvalue weighted by Crippen LogP contribution is 2.30. The first kappa shape index (κ1) is 10.6. The van der Waals surface area contributed by atoms with Crippen molar-refractivity contribution in [3.8, 4) is 5.88 Å². The first-order chi connectivity index (χ1) is 6.60. The molecule has 0 fully saturated rings. The molecule has 7 heteroatoms. The smallest absolute Gasteiger partial charge is 0.367 e. The Morgan fingerprint density at radius 1 is 1.57 bits per heavy atom. The summed E-state index contributed by atoms with van der Waals surface area (Å²) >= 11 is 5.61. The molecule has 0 saturated heterocycles. The van der Waals surface area contributed by atoms with Crippen LogP contribution in [0.4, 0.5) is 5.69 Å². The Labute approximate surface area is 85.0 Å². The van der Waals surface area contributed by atoms with E-state index in [1.165, 1.54) is 7.11 Å². The molecule has 0 aliphatic heterocycles. The molecule has 1 aromatic heterocycles. The fourth-order valence-corrected chi connectivity index (χ4v) is 1.15. The van der Waals surface area contributed by atoms with E-state index in [-0.39, 0.29) is 11.0 Å². The second-order valence-corrected chi connectivity index (χ2v) is 2.76. The van der Waals surface area contributed by atoms with Crippen molar-refractivity contribution in [1.29, 1.82) is 0 Å². The lowest BCUT2D eigenvalue weighted by molar-refractivity contribution is -0.386.